The van der Waals surface area contributed by atoms with Crippen molar-refractivity contribution in [2.24, 2.45) is 0 Å². The summed E-state index contributed by atoms with van der Waals surface area (Å²) in [5.74, 6) is -1.99. The zero-order valence-electron chi connectivity index (χ0n) is 36.3. The maximum absolute atomic E-state index is 14.1. The van der Waals surface area contributed by atoms with E-state index >= 15 is 0 Å². The molecule has 2 aliphatic heterocycles. The number of aromatic nitrogens is 1. The smallest absolute Gasteiger partial charge is 0.387 e. The number of hydrogen-bond acceptors (Lipinski definition) is 8. The Morgan fingerprint density at radius 1 is 0.892 bits per heavy atom. The van der Waals surface area contributed by atoms with Crippen LogP contribution in [0.15, 0.2) is 85.1 Å². The lowest BCUT2D eigenvalue weighted by Crippen LogP contribution is -2.50. The van der Waals surface area contributed by atoms with Gasteiger partial charge in [0.15, 0.2) is 0 Å². The number of halogens is 7. The lowest BCUT2D eigenvalue weighted by molar-refractivity contribution is -0.143. The maximum Gasteiger partial charge on any atom is 0.416 e. The SMILES string of the molecule is CNc1ccc(C(=O)N(C)CCCN(C)C(=O)CO[C@H]2Cc3ccccc3C23CCN(CC[C@]2(c4ccc(F)cc4)CN(C(=O)c4cc(C(F)(F)F)cc(C(F)(F)F)c4)CO2)CC3)nc1. The van der Waals surface area contributed by atoms with Gasteiger partial charge in [0.05, 0.1) is 35.7 Å². The van der Waals surface area contributed by atoms with Crippen molar-refractivity contribution in [1.29, 1.82) is 0 Å². The van der Waals surface area contributed by atoms with Crippen molar-refractivity contribution in [2.45, 2.75) is 61.6 Å². The summed E-state index contributed by atoms with van der Waals surface area (Å²) in [5.41, 5.74) is -1.66. The number of likely N-dealkylation sites (tertiary alicyclic amines) is 1. The van der Waals surface area contributed by atoms with Gasteiger partial charge in [-0.05, 0) is 104 Å². The summed E-state index contributed by atoms with van der Waals surface area (Å²) in [6.45, 7) is 1.78. The van der Waals surface area contributed by atoms with Crippen LogP contribution < -0.4 is 5.32 Å². The molecule has 0 bridgehead atoms. The predicted octanol–water partition coefficient (Wildman–Crippen LogP) is 7.61. The van der Waals surface area contributed by atoms with E-state index in [9.17, 15) is 45.1 Å². The van der Waals surface area contributed by atoms with Crippen LogP contribution in [0.2, 0.25) is 0 Å². The van der Waals surface area contributed by atoms with Crippen molar-refractivity contribution in [3.63, 3.8) is 0 Å². The van der Waals surface area contributed by atoms with Crippen LogP contribution in [-0.2, 0) is 44.1 Å². The second kappa shape index (κ2) is 19.1. The van der Waals surface area contributed by atoms with Gasteiger partial charge in [0.2, 0.25) is 5.91 Å². The Balaban J connectivity index is 0.977. The van der Waals surface area contributed by atoms with E-state index in [-0.39, 0.29) is 49.0 Å². The van der Waals surface area contributed by atoms with Gasteiger partial charge in [0.1, 0.15) is 30.4 Å². The average Bonchev–Trinajstić information content (AvgIpc) is 3.86. The Hall–Kier alpha value is -5.59. The second-order valence-electron chi connectivity index (χ2n) is 17.1. The Kier molecular flexibility index (Phi) is 13.9. The summed E-state index contributed by atoms with van der Waals surface area (Å²) < 4.78 is 109. The van der Waals surface area contributed by atoms with Crippen molar-refractivity contribution in [3.05, 3.63) is 130 Å². The first-order chi connectivity index (χ1) is 30.8. The van der Waals surface area contributed by atoms with E-state index in [4.69, 9.17) is 9.47 Å². The normalized spacial score (nSPS) is 19.6. The van der Waals surface area contributed by atoms with Gasteiger partial charge in [-0.25, -0.2) is 9.37 Å². The number of fused-ring (bicyclic) bond motifs is 2. The van der Waals surface area contributed by atoms with Crippen molar-refractivity contribution in [2.75, 3.05) is 79.1 Å². The van der Waals surface area contributed by atoms with Gasteiger partial charge >= 0.3 is 12.4 Å². The third-order valence-electron chi connectivity index (χ3n) is 13.0. The number of rotatable bonds is 14. The molecule has 2 saturated heterocycles. The fourth-order valence-electron chi connectivity index (χ4n) is 9.21. The predicted molar refractivity (Wildman–Crippen MR) is 226 cm³/mol. The van der Waals surface area contributed by atoms with Crippen LogP contribution in [0.1, 0.15) is 74.3 Å². The third-order valence-corrected chi connectivity index (χ3v) is 13.0. The van der Waals surface area contributed by atoms with Gasteiger partial charge < -0.3 is 34.4 Å². The average molecular weight is 913 g/mol. The fraction of sp³-hybridized carbons (Fsp3) is 0.447. The molecule has 3 aliphatic rings. The minimum Gasteiger partial charge on any atom is -0.387 e. The van der Waals surface area contributed by atoms with Crippen molar-refractivity contribution in [1.82, 2.24) is 24.6 Å². The molecule has 7 rings (SSSR count). The molecule has 348 valence electrons. The number of nitrogens with zero attached hydrogens (tertiary/aromatic N) is 5. The summed E-state index contributed by atoms with van der Waals surface area (Å²) in [6.07, 6.45) is -6.12. The van der Waals surface area contributed by atoms with E-state index in [0.717, 1.165) is 16.2 Å². The minimum absolute atomic E-state index is 0.0283. The number of alkyl halides is 6. The molecule has 3 aromatic carbocycles. The molecule has 18 heteroatoms. The van der Waals surface area contributed by atoms with E-state index in [1.165, 1.54) is 29.8 Å². The molecule has 0 unspecified atom stereocenters. The van der Waals surface area contributed by atoms with Crippen LogP contribution in [0.3, 0.4) is 0 Å². The van der Waals surface area contributed by atoms with E-state index in [1.54, 1.807) is 49.3 Å². The number of carbonyl (C=O) groups excluding carboxylic acids is 3. The highest BCUT2D eigenvalue weighted by Crippen LogP contribution is 2.48. The summed E-state index contributed by atoms with van der Waals surface area (Å²) in [7, 11) is 5.17. The maximum atomic E-state index is 14.1. The van der Waals surface area contributed by atoms with Gasteiger partial charge in [0.25, 0.3) is 11.8 Å². The van der Waals surface area contributed by atoms with Crippen LogP contribution >= 0.6 is 0 Å². The fourth-order valence-corrected chi connectivity index (χ4v) is 9.21. The van der Waals surface area contributed by atoms with Gasteiger partial charge in [-0.15, -0.1) is 0 Å². The molecular weight excluding hydrogens is 862 g/mol. The minimum atomic E-state index is -5.13. The number of carbonyl (C=O) groups is 3. The second-order valence-corrected chi connectivity index (χ2v) is 17.1. The Morgan fingerprint density at radius 2 is 1.55 bits per heavy atom. The van der Waals surface area contributed by atoms with E-state index < -0.39 is 53.1 Å². The first kappa shape index (κ1) is 47.4. The number of benzene rings is 3. The lowest BCUT2D eigenvalue weighted by atomic mass is 9.72. The number of anilines is 1. The molecule has 1 spiro atoms. The molecule has 3 heterocycles. The van der Waals surface area contributed by atoms with Crippen LogP contribution in [0.5, 0.6) is 0 Å². The number of amides is 3. The Bertz CT molecular complexity index is 2310. The van der Waals surface area contributed by atoms with Gasteiger partial charge in [0, 0.05) is 51.8 Å². The first-order valence-electron chi connectivity index (χ1n) is 21.4. The van der Waals surface area contributed by atoms with E-state index in [0.29, 0.717) is 81.8 Å². The summed E-state index contributed by atoms with van der Waals surface area (Å²) in [4.78, 5) is 50.5. The van der Waals surface area contributed by atoms with E-state index in [2.05, 4.69) is 27.3 Å². The van der Waals surface area contributed by atoms with Crippen LogP contribution in [0.4, 0.5) is 36.4 Å². The molecule has 0 saturated carbocycles. The summed E-state index contributed by atoms with van der Waals surface area (Å²) in [5, 5.41) is 2.97. The number of pyridine rings is 1. The Labute approximate surface area is 372 Å². The summed E-state index contributed by atoms with van der Waals surface area (Å²) >= 11 is 0. The van der Waals surface area contributed by atoms with Gasteiger partial charge in [-0.3, -0.25) is 14.4 Å². The molecule has 4 aromatic rings. The standard InChI is InChI=1S/C47H51F7N6O5/c1-55-37-13-14-39(56-27-37)43(63)58(3)19-6-18-57(2)41(61)28-64-40-25-31-7-4-5-8-38(31)44(40)15-20-59(21-16-44)22-17-45(33-9-11-36(48)12-10-33)29-60(30-65-45)42(62)32-23-34(46(49,50)51)26-35(24-32)47(52,53)54/h4-5,7-14,23-24,26-27,40,55H,6,15-22,25,28-30H2,1-3H3/t40-,45+/m0/s1. The molecule has 1 N–H and O–H groups in total. The molecule has 1 aromatic heterocycles. The van der Waals surface area contributed by atoms with Gasteiger partial charge in [-0.2, -0.15) is 26.3 Å². The van der Waals surface area contributed by atoms with Crippen molar-refractivity contribution >= 4 is 23.4 Å². The molecule has 3 amide bonds. The van der Waals surface area contributed by atoms with Crippen LogP contribution in [0, 0.1) is 5.82 Å². The zero-order chi connectivity index (χ0) is 46.7. The Morgan fingerprint density at radius 3 is 2.18 bits per heavy atom. The summed E-state index contributed by atoms with van der Waals surface area (Å²) in [6, 6.07) is 17.8. The molecule has 1 aliphatic carbocycles. The molecule has 65 heavy (non-hydrogen) atoms. The highest BCUT2D eigenvalue weighted by molar-refractivity contribution is 5.95. The van der Waals surface area contributed by atoms with Crippen molar-refractivity contribution < 1.29 is 54.6 Å². The number of likely N-dealkylation sites (N-methyl/N-ethyl adjacent to an activating group) is 1. The molecule has 11 nitrogen and oxygen atoms in total. The van der Waals surface area contributed by atoms with Crippen LogP contribution in [-0.4, -0.2) is 122 Å². The third kappa shape index (κ3) is 10.4. The number of ether oxygens (including phenoxy) is 2. The molecule has 0 radical (unpaired) electrons. The number of piperidine rings is 1. The number of nitrogens with one attached hydrogen (secondary N) is 1. The highest BCUT2D eigenvalue weighted by atomic mass is 19.4. The molecular formula is C47H51F7N6O5. The zero-order valence-corrected chi connectivity index (χ0v) is 36.3. The molecule has 2 fully saturated rings. The first-order valence-corrected chi connectivity index (χ1v) is 21.4. The highest BCUT2D eigenvalue weighted by Gasteiger charge is 2.50. The monoisotopic (exact) mass is 912 g/mol. The number of hydrogen-bond donors (Lipinski definition) is 1. The van der Waals surface area contributed by atoms with E-state index in [1.807, 2.05) is 12.1 Å². The quantitative estimate of drug-likeness (QED) is 0.129. The topological polar surface area (TPSA) is 108 Å². The lowest BCUT2D eigenvalue weighted by Gasteiger charge is -2.44. The van der Waals surface area contributed by atoms with Crippen LogP contribution in [0.25, 0.3) is 0 Å². The molecule has 2 atom stereocenters. The largest absolute Gasteiger partial charge is 0.416 e. The van der Waals surface area contributed by atoms with Gasteiger partial charge in [-0.1, -0.05) is 36.4 Å². The van der Waals surface area contributed by atoms with Crippen molar-refractivity contribution in [3.8, 4) is 0 Å².